The van der Waals surface area contributed by atoms with Gasteiger partial charge in [0.1, 0.15) is 18.1 Å². The van der Waals surface area contributed by atoms with Crippen molar-refractivity contribution < 1.29 is 33.8 Å². The maximum atomic E-state index is 11.7. The Balaban J connectivity index is 0.000000285. The van der Waals surface area contributed by atoms with Gasteiger partial charge in [-0.2, -0.15) is 0 Å². The fraction of sp³-hybridized carbons (Fsp3) is 0.474. The summed E-state index contributed by atoms with van der Waals surface area (Å²) in [5, 5.41) is 19.2. The number of rotatable bonds is 4. The Morgan fingerprint density at radius 3 is 2.35 bits per heavy atom. The van der Waals surface area contributed by atoms with E-state index in [-0.39, 0.29) is 6.42 Å². The summed E-state index contributed by atoms with van der Waals surface area (Å²) in [7, 11) is -4.67. The number of benzene rings is 1. The number of phenols is 1. The van der Waals surface area contributed by atoms with E-state index in [1.807, 2.05) is 32.9 Å². The second kappa shape index (κ2) is 9.90. The van der Waals surface area contributed by atoms with Crippen molar-refractivity contribution in [1.82, 2.24) is 9.55 Å². The number of aromatic nitrogens is 2. The lowest BCUT2D eigenvalue weighted by atomic mass is 10.1. The summed E-state index contributed by atoms with van der Waals surface area (Å²) in [6.07, 6.45) is -1.57. The molecule has 12 heteroatoms. The number of aliphatic hydroxyl groups excluding tert-OH is 1. The number of hydrogen-bond donors (Lipinski definition) is 5. The van der Waals surface area contributed by atoms with Gasteiger partial charge >= 0.3 is 13.5 Å². The number of aryl methyl sites for hydroxylation is 3. The first-order valence-corrected chi connectivity index (χ1v) is 10.9. The molecule has 31 heavy (non-hydrogen) atoms. The molecule has 1 aromatic heterocycles. The molecule has 3 atom stereocenters. The number of phosphoric acid groups is 1. The monoisotopic (exact) mass is 458 g/mol. The summed E-state index contributed by atoms with van der Waals surface area (Å²) >= 11 is 0. The topological polar surface area (TPSA) is 171 Å². The fourth-order valence-corrected chi connectivity index (χ4v) is 3.28. The second-order valence-electron chi connectivity index (χ2n) is 7.37. The molecule has 0 bridgehead atoms. The van der Waals surface area contributed by atoms with Crippen LogP contribution in [0, 0.1) is 27.7 Å². The van der Waals surface area contributed by atoms with E-state index >= 15 is 0 Å². The largest absolute Gasteiger partial charge is 0.507 e. The van der Waals surface area contributed by atoms with Crippen LogP contribution in [0.2, 0.25) is 0 Å². The number of H-pyrrole nitrogens is 1. The first kappa shape index (κ1) is 25.0. The number of hydrogen-bond acceptors (Lipinski definition) is 7. The van der Waals surface area contributed by atoms with Gasteiger partial charge in [-0.15, -0.1) is 0 Å². The standard InChI is InChI=1S/C10H15N2O8P.C9H12O/c1-5-3-12(10(15)11-9(5)14)8-2-6(13)7(20-8)4-19-21(16,17)18;1-6-4-5-7(2)9(10)8(6)3/h3,6-8,13H,2,4H2,1H3,(H,11,14,15)(H2,16,17,18);4-5,10H,1-3H3/t6-,7+,8+;/m0./s1. The molecular formula is C19H27N2O9P. The van der Waals surface area contributed by atoms with Crippen LogP contribution in [0.4, 0.5) is 0 Å². The van der Waals surface area contributed by atoms with Crippen molar-refractivity contribution in [2.45, 2.75) is 52.6 Å². The summed E-state index contributed by atoms with van der Waals surface area (Å²) in [4.78, 5) is 42.3. The molecule has 0 unspecified atom stereocenters. The molecule has 2 heterocycles. The van der Waals surface area contributed by atoms with Crippen LogP contribution >= 0.6 is 7.82 Å². The van der Waals surface area contributed by atoms with Gasteiger partial charge in [0, 0.05) is 18.2 Å². The first-order chi connectivity index (χ1) is 14.3. The lowest BCUT2D eigenvalue weighted by Crippen LogP contribution is -2.33. The highest BCUT2D eigenvalue weighted by atomic mass is 31.2. The van der Waals surface area contributed by atoms with Crippen molar-refractivity contribution in [1.29, 1.82) is 0 Å². The van der Waals surface area contributed by atoms with E-state index < -0.39 is 44.1 Å². The highest BCUT2D eigenvalue weighted by Gasteiger charge is 2.37. The number of aromatic amines is 1. The van der Waals surface area contributed by atoms with Crippen LogP contribution in [0.25, 0.3) is 0 Å². The molecule has 5 N–H and O–H groups in total. The van der Waals surface area contributed by atoms with E-state index in [2.05, 4.69) is 9.51 Å². The number of nitrogens with zero attached hydrogens (tertiary/aromatic N) is 1. The molecule has 1 saturated heterocycles. The molecule has 0 amide bonds. The Labute approximate surface area is 178 Å². The summed E-state index contributed by atoms with van der Waals surface area (Å²) in [6, 6.07) is 3.95. The number of aromatic hydroxyl groups is 1. The Hall–Kier alpha value is -2.27. The first-order valence-electron chi connectivity index (χ1n) is 9.41. The van der Waals surface area contributed by atoms with Gasteiger partial charge in [0.2, 0.25) is 0 Å². The summed E-state index contributed by atoms with van der Waals surface area (Å²) in [5.41, 5.74) is 2.16. The number of aliphatic hydroxyl groups is 1. The van der Waals surface area contributed by atoms with Gasteiger partial charge in [-0.25, -0.2) is 9.36 Å². The predicted octanol–water partition coefficient (Wildman–Crippen LogP) is 0.920. The number of nitrogens with one attached hydrogen (secondary N) is 1. The Kier molecular flexibility index (Phi) is 7.98. The molecule has 172 valence electrons. The zero-order valence-corrected chi connectivity index (χ0v) is 18.5. The van der Waals surface area contributed by atoms with Gasteiger partial charge in [0.05, 0.1) is 12.7 Å². The molecule has 0 saturated carbocycles. The van der Waals surface area contributed by atoms with E-state index in [0.29, 0.717) is 11.3 Å². The summed E-state index contributed by atoms with van der Waals surface area (Å²) in [5.74, 6) is 0.431. The number of ether oxygens (including phenoxy) is 1. The van der Waals surface area contributed by atoms with Gasteiger partial charge in [-0.05, 0) is 44.4 Å². The van der Waals surface area contributed by atoms with Crippen molar-refractivity contribution in [3.63, 3.8) is 0 Å². The molecule has 0 spiro atoms. The normalized spacial score (nSPS) is 20.9. The molecule has 1 aliphatic heterocycles. The van der Waals surface area contributed by atoms with Gasteiger partial charge in [-0.3, -0.25) is 18.9 Å². The molecule has 0 radical (unpaired) electrons. The van der Waals surface area contributed by atoms with E-state index in [1.54, 1.807) is 0 Å². The minimum Gasteiger partial charge on any atom is -0.507 e. The SMILES string of the molecule is Cc1ccc(C)c(O)c1C.Cc1cn([C@H]2C[C@H](O)[C@@H](COP(=O)(O)O)O2)c(=O)[nH]c1=O. The van der Waals surface area contributed by atoms with Crippen molar-refractivity contribution in [3.8, 4) is 5.75 Å². The third-order valence-electron chi connectivity index (χ3n) is 4.97. The summed E-state index contributed by atoms with van der Waals surface area (Å²) < 4.78 is 21.4. The quantitative estimate of drug-likeness (QED) is 0.418. The minimum atomic E-state index is -4.67. The third-order valence-corrected chi connectivity index (χ3v) is 5.46. The smallest absolute Gasteiger partial charge is 0.469 e. The van der Waals surface area contributed by atoms with E-state index in [9.17, 15) is 24.4 Å². The Bertz CT molecular complexity index is 1060. The average Bonchev–Trinajstić information content (AvgIpc) is 3.05. The molecule has 3 rings (SSSR count). The highest BCUT2D eigenvalue weighted by molar-refractivity contribution is 7.46. The lowest BCUT2D eigenvalue weighted by molar-refractivity contribution is -0.0451. The van der Waals surface area contributed by atoms with E-state index in [0.717, 1.165) is 21.3 Å². The van der Waals surface area contributed by atoms with Crippen LogP contribution in [-0.4, -0.2) is 48.4 Å². The second-order valence-corrected chi connectivity index (χ2v) is 8.61. The molecule has 1 aromatic carbocycles. The maximum Gasteiger partial charge on any atom is 0.469 e. The van der Waals surface area contributed by atoms with Crippen LogP contribution in [0.1, 0.15) is 34.9 Å². The lowest BCUT2D eigenvalue weighted by Gasteiger charge is -2.16. The van der Waals surface area contributed by atoms with Gasteiger partial charge in [-0.1, -0.05) is 12.1 Å². The van der Waals surface area contributed by atoms with Crippen molar-refractivity contribution in [2.24, 2.45) is 0 Å². The van der Waals surface area contributed by atoms with E-state index in [1.165, 1.54) is 13.1 Å². The fourth-order valence-electron chi connectivity index (χ4n) is 2.94. The van der Waals surface area contributed by atoms with Crippen LogP contribution in [-0.2, 0) is 13.8 Å². The van der Waals surface area contributed by atoms with Crippen LogP contribution in [0.15, 0.2) is 27.9 Å². The molecule has 0 aliphatic carbocycles. The third kappa shape index (κ3) is 6.60. The van der Waals surface area contributed by atoms with Crippen molar-refractivity contribution >= 4 is 7.82 Å². The van der Waals surface area contributed by atoms with Gasteiger partial charge in [0.25, 0.3) is 5.56 Å². The average molecular weight is 458 g/mol. The van der Waals surface area contributed by atoms with Gasteiger partial charge < -0.3 is 24.7 Å². The van der Waals surface area contributed by atoms with Crippen LogP contribution in [0.5, 0.6) is 5.75 Å². The maximum absolute atomic E-state index is 11.7. The number of phosphoric ester groups is 1. The zero-order chi connectivity index (χ0) is 23.5. The molecule has 1 fully saturated rings. The van der Waals surface area contributed by atoms with Crippen molar-refractivity contribution in [3.05, 3.63) is 61.4 Å². The molecule has 1 aliphatic rings. The minimum absolute atomic E-state index is 0.0283. The summed E-state index contributed by atoms with van der Waals surface area (Å²) in [6.45, 7) is 6.82. The number of phenolic OH excluding ortho intramolecular Hbond substituents is 1. The van der Waals surface area contributed by atoms with Crippen LogP contribution < -0.4 is 11.2 Å². The molecule has 11 nitrogen and oxygen atoms in total. The Morgan fingerprint density at radius 1 is 1.16 bits per heavy atom. The van der Waals surface area contributed by atoms with E-state index in [4.69, 9.17) is 14.5 Å². The van der Waals surface area contributed by atoms with Crippen LogP contribution in [0.3, 0.4) is 0 Å². The molecule has 2 aromatic rings. The highest BCUT2D eigenvalue weighted by Crippen LogP contribution is 2.38. The van der Waals surface area contributed by atoms with Crippen molar-refractivity contribution in [2.75, 3.05) is 6.61 Å². The Morgan fingerprint density at radius 2 is 1.77 bits per heavy atom. The predicted molar refractivity (Wildman–Crippen MR) is 111 cm³/mol. The van der Waals surface area contributed by atoms with Gasteiger partial charge in [0.15, 0.2) is 0 Å². The zero-order valence-electron chi connectivity index (χ0n) is 17.6. The molecular weight excluding hydrogens is 431 g/mol.